The molecule has 104 valence electrons. The molecule has 1 aromatic carbocycles. The molecule has 2 fully saturated rings. The van der Waals surface area contributed by atoms with Crippen LogP contribution in [0.25, 0.3) is 0 Å². The van der Waals surface area contributed by atoms with E-state index in [-0.39, 0.29) is 5.41 Å². The fourth-order valence-electron chi connectivity index (χ4n) is 3.21. The topological polar surface area (TPSA) is 21.3 Å². The van der Waals surface area contributed by atoms with Crippen LogP contribution >= 0.6 is 0 Å². The van der Waals surface area contributed by atoms with E-state index in [1.165, 1.54) is 30.4 Å². The molecule has 0 amide bonds. The molecule has 1 heterocycles. The van der Waals surface area contributed by atoms with Crippen molar-refractivity contribution in [2.75, 3.05) is 13.2 Å². The SMILES string of the molecule is Cc1cccc(CC2(CNC3CC3)CCOC2C)c1. The molecule has 1 N–H and O–H groups in total. The number of ether oxygens (including phenoxy) is 1. The van der Waals surface area contributed by atoms with Gasteiger partial charge >= 0.3 is 0 Å². The molecule has 1 saturated heterocycles. The molecule has 0 spiro atoms. The van der Waals surface area contributed by atoms with E-state index in [1.807, 2.05) is 0 Å². The third-order valence-electron chi connectivity index (χ3n) is 4.79. The fourth-order valence-corrected chi connectivity index (χ4v) is 3.21. The summed E-state index contributed by atoms with van der Waals surface area (Å²) in [6.07, 6.45) is 5.39. The zero-order valence-electron chi connectivity index (χ0n) is 12.1. The van der Waals surface area contributed by atoms with E-state index in [0.29, 0.717) is 6.10 Å². The van der Waals surface area contributed by atoms with Gasteiger partial charge in [0.2, 0.25) is 0 Å². The molecule has 1 saturated carbocycles. The minimum absolute atomic E-state index is 0.288. The van der Waals surface area contributed by atoms with Gasteiger partial charge in [-0.1, -0.05) is 29.8 Å². The summed E-state index contributed by atoms with van der Waals surface area (Å²) >= 11 is 0. The monoisotopic (exact) mass is 259 g/mol. The molecule has 2 heteroatoms. The maximum absolute atomic E-state index is 5.88. The molecule has 3 rings (SSSR count). The largest absolute Gasteiger partial charge is 0.378 e. The number of hydrogen-bond acceptors (Lipinski definition) is 2. The first-order valence-electron chi connectivity index (χ1n) is 7.58. The molecule has 1 aromatic rings. The van der Waals surface area contributed by atoms with Gasteiger partial charge in [-0.05, 0) is 45.1 Å². The number of benzene rings is 1. The van der Waals surface area contributed by atoms with Crippen LogP contribution in [0.2, 0.25) is 0 Å². The van der Waals surface area contributed by atoms with Crippen molar-refractivity contribution in [1.29, 1.82) is 0 Å². The van der Waals surface area contributed by atoms with Crippen molar-refractivity contribution in [2.45, 2.75) is 51.7 Å². The Balaban J connectivity index is 1.74. The second kappa shape index (κ2) is 5.26. The highest BCUT2D eigenvalue weighted by molar-refractivity contribution is 5.24. The highest BCUT2D eigenvalue weighted by Crippen LogP contribution is 2.38. The molecule has 0 bridgehead atoms. The lowest BCUT2D eigenvalue weighted by Gasteiger charge is -2.33. The first-order valence-corrected chi connectivity index (χ1v) is 7.58. The highest BCUT2D eigenvalue weighted by atomic mass is 16.5. The summed E-state index contributed by atoms with van der Waals surface area (Å²) < 4.78 is 5.88. The lowest BCUT2D eigenvalue weighted by atomic mass is 9.76. The van der Waals surface area contributed by atoms with Crippen molar-refractivity contribution in [3.8, 4) is 0 Å². The van der Waals surface area contributed by atoms with Crippen LogP contribution in [-0.2, 0) is 11.2 Å². The molecule has 0 radical (unpaired) electrons. The van der Waals surface area contributed by atoms with E-state index in [4.69, 9.17) is 4.74 Å². The van der Waals surface area contributed by atoms with Crippen LogP contribution in [0, 0.1) is 12.3 Å². The van der Waals surface area contributed by atoms with Crippen molar-refractivity contribution >= 4 is 0 Å². The van der Waals surface area contributed by atoms with Gasteiger partial charge in [-0.15, -0.1) is 0 Å². The standard InChI is InChI=1S/C17H25NO/c1-13-4-3-5-15(10-13)11-17(8-9-19-14(17)2)12-18-16-6-7-16/h3-5,10,14,16,18H,6-9,11-12H2,1-2H3. The molecular weight excluding hydrogens is 234 g/mol. The van der Waals surface area contributed by atoms with E-state index < -0.39 is 0 Å². The smallest absolute Gasteiger partial charge is 0.0619 e. The minimum Gasteiger partial charge on any atom is -0.378 e. The van der Waals surface area contributed by atoms with Gasteiger partial charge in [0.1, 0.15) is 0 Å². The normalized spacial score (nSPS) is 30.7. The minimum atomic E-state index is 0.288. The van der Waals surface area contributed by atoms with Crippen molar-refractivity contribution < 1.29 is 4.74 Å². The van der Waals surface area contributed by atoms with Gasteiger partial charge in [0, 0.05) is 24.6 Å². The Bertz CT molecular complexity index is 441. The molecule has 2 atom stereocenters. The number of aryl methyl sites for hydroxylation is 1. The van der Waals surface area contributed by atoms with E-state index >= 15 is 0 Å². The van der Waals surface area contributed by atoms with Crippen LogP contribution in [0.3, 0.4) is 0 Å². The van der Waals surface area contributed by atoms with Gasteiger partial charge in [0.25, 0.3) is 0 Å². The summed E-state index contributed by atoms with van der Waals surface area (Å²) in [5.74, 6) is 0. The summed E-state index contributed by atoms with van der Waals surface area (Å²) in [5.41, 5.74) is 3.10. The van der Waals surface area contributed by atoms with Crippen LogP contribution in [0.5, 0.6) is 0 Å². The van der Waals surface area contributed by atoms with E-state index in [0.717, 1.165) is 25.6 Å². The average Bonchev–Trinajstić information content (AvgIpc) is 3.14. The summed E-state index contributed by atoms with van der Waals surface area (Å²) in [7, 11) is 0. The van der Waals surface area contributed by atoms with Crippen LogP contribution in [0.4, 0.5) is 0 Å². The first kappa shape index (κ1) is 13.1. The number of nitrogens with one attached hydrogen (secondary N) is 1. The van der Waals surface area contributed by atoms with E-state index in [2.05, 4.69) is 43.4 Å². The average molecular weight is 259 g/mol. The lowest BCUT2D eigenvalue weighted by molar-refractivity contribution is 0.0628. The quantitative estimate of drug-likeness (QED) is 0.877. The molecule has 1 aliphatic heterocycles. The molecule has 2 unspecified atom stereocenters. The molecule has 2 aliphatic rings. The number of rotatable bonds is 5. The molecule has 2 nitrogen and oxygen atoms in total. The Morgan fingerprint density at radius 3 is 2.84 bits per heavy atom. The summed E-state index contributed by atoms with van der Waals surface area (Å²) in [6, 6.07) is 9.71. The molecular formula is C17H25NO. The lowest BCUT2D eigenvalue weighted by Crippen LogP contribution is -2.42. The second-order valence-corrected chi connectivity index (χ2v) is 6.45. The van der Waals surface area contributed by atoms with Crippen LogP contribution < -0.4 is 5.32 Å². The zero-order chi connectivity index (χ0) is 13.3. The third-order valence-corrected chi connectivity index (χ3v) is 4.79. The predicted octanol–water partition coefficient (Wildman–Crippen LogP) is 3.08. The van der Waals surface area contributed by atoms with Gasteiger partial charge in [-0.25, -0.2) is 0 Å². The number of hydrogen-bond donors (Lipinski definition) is 1. The van der Waals surface area contributed by atoms with Crippen molar-refractivity contribution in [1.82, 2.24) is 5.32 Å². The fraction of sp³-hybridized carbons (Fsp3) is 0.647. The Hall–Kier alpha value is -0.860. The molecule has 0 aromatic heterocycles. The van der Waals surface area contributed by atoms with E-state index in [1.54, 1.807) is 0 Å². The highest BCUT2D eigenvalue weighted by Gasteiger charge is 2.42. The van der Waals surface area contributed by atoms with Gasteiger partial charge in [-0.3, -0.25) is 0 Å². The molecule has 19 heavy (non-hydrogen) atoms. The second-order valence-electron chi connectivity index (χ2n) is 6.45. The zero-order valence-corrected chi connectivity index (χ0v) is 12.1. The van der Waals surface area contributed by atoms with Crippen molar-refractivity contribution in [3.05, 3.63) is 35.4 Å². The van der Waals surface area contributed by atoms with Crippen LogP contribution in [-0.4, -0.2) is 25.3 Å². The van der Waals surface area contributed by atoms with Gasteiger partial charge < -0.3 is 10.1 Å². The van der Waals surface area contributed by atoms with Crippen molar-refractivity contribution in [2.24, 2.45) is 5.41 Å². The van der Waals surface area contributed by atoms with Gasteiger partial charge in [0.05, 0.1) is 6.10 Å². The Labute approximate surface area is 116 Å². The van der Waals surface area contributed by atoms with Crippen LogP contribution in [0.1, 0.15) is 37.3 Å². The van der Waals surface area contributed by atoms with Crippen molar-refractivity contribution in [3.63, 3.8) is 0 Å². The summed E-state index contributed by atoms with van der Waals surface area (Å²) in [5, 5.41) is 3.72. The maximum atomic E-state index is 5.88. The van der Waals surface area contributed by atoms with Crippen LogP contribution in [0.15, 0.2) is 24.3 Å². The summed E-state index contributed by atoms with van der Waals surface area (Å²) in [6.45, 7) is 6.44. The Kier molecular flexibility index (Phi) is 3.64. The Morgan fingerprint density at radius 2 is 2.21 bits per heavy atom. The Morgan fingerprint density at radius 1 is 1.37 bits per heavy atom. The van der Waals surface area contributed by atoms with Gasteiger partial charge in [-0.2, -0.15) is 0 Å². The van der Waals surface area contributed by atoms with Gasteiger partial charge in [0.15, 0.2) is 0 Å². The third kappa shape index (κ3) is 3.01. The van der Waals surface area contributed by atoms with E-state index in [9.17, 15) is 0 Å². The molecule has 1 aliphatic carbocycles. The maximum Gasteiger partial charge on any atom is 0.0619 e. The first-order chi connectivity index (χ1) is 9.18. The predicted molar refractivity (Wildman–Crippen MR) is 78.4 cm³/mol. The summed E-state index contributed by atoms with van der Waals surface area (Å²) in [4.78, 5) is 0.